The quantitative estimate of drug-likeness (QED) is 0.636. The molecule has 0 rings (SSSR count). The Morgan fingerprint density at radius 3 is 1.54 bits per heavy atom. The van der Waals surface area contributed by atoms with Crippen LogP contribution in [-0.2, 0) is 0 Å². The van der Waals surface area contributed by atoms with Crippen LogP contribution in [0.25, 0.3) is 0 Å². The fourth-order valence-electron chi connectivity index (χ4n) is 0.839. The van der Waals surface area contributed by atoms with Crippen molar-refractivity contribution in [1.29, 1.82) is 0 Å². The summed E-state index contributed by atoms with van der Waals surface area (Å²) in [5.41, 5.74) is 0.769. The molecule has 1 nitrogen and oxygen atoms in total. The Morgan fingerprint density at radius 1 is 0.923 bits per heavy atom. The molecule has 0 aliphatic rings. The van der Waals surface area contributed by atoms with Crippen molar-refractivity contribution in [3.05, 3.63) is 0 Å². The van der Waals surface area contributed by atoms with Crippen molar-refractivity contribution in [3.8, 4) is 0 Å². The van der Waals surface area contributed by atoms with Crippen LogP contribution in [0.1, 0.15) is 55.4 Å². The van der Waals surface area contributed by atoms with E-state index in [0.717, 1.165) is 0 Å². The van der Waals surface area contributed by atoms with Crippen LogP contribution in [-0.4, -0.2) is 24.0 Å². The number of nitrogens with zero attached hydrogens (tertiary/aromatic N) is 1. The lowest BCUT2D eigenvalue weighted by Crippen LogP contribution is -2.39. The lowest BCUT2D eigenvalue weighted by Gasteiger charge is -2.34. The normalized spacial score (nSPS) is 12.9. The van der Waals surface area contributed by atoms with Crippen molar-refractivity contribution in [3.63, 3.8) is 0 Å². The molecule has 0 aliphatic carbocycles. The molecular formula is C12H29N. The third-order valence-electron chi connectivity index (χ3n) is 2.34. The molecule has 0 spiro atoms. The van der Waals surface area contributed by atoms with E-state index in [9.17, 15) is 0 Å². The Labute approximate surface area is 85.5 Å². The average molecular weight is 187 g/mol. The summed E-state index contributed by atoms with van der Waals surface area (Å²) in [7, 11) is 2.20. The molecule has 0 aromatic carbocycles. The van der Waals surface area contributed by atoms with E-state index in [2.05, 4.69) is 53.5 Å². The van der Waals surface area contributed by atoms with Crippen LogP contribution in [0.2, 0.25) is 0 Å². The van der Waals surface area contributed by atoms with Gasteiger partial charge in [-0.05, 0) is 46.2 Å². The molecule has 0 bridgehead atoms. The molecule has 0 saturated heterocycles. The largest absolute Gasteiger partial charge is 0.301 e. The molecule has 0 aromatic heterocycles. The summed E-state index contributed by atoms with van der Waals surface area (Å²) >= 11 is 0. The van der Waals surface area contributed by atoms with Crippen molar-refractivity contribution in [2.45, 2.75) is 60.9 Å². The van der Waals surface area contributed by atoms with Crippen LogP contribution >= 0.6 is 0 Å². The van der Waals surface area contributed by atoms with Gasteiger partial charge in [0.1, 0.15) is 0 Å². The van der Waals surface area contributed by atoms with Gasteiger partial charge in [0.05, 0.1) is 0 Å². The highest BCUT2D eigenvalue weighted by atomic mass is 15.1. The first-order chi connectivity index (χ1) is 5.13. The summed E-state index contributed by atoms with van der Waals surface area (Å²) in [6, 6.07) is 0. The predicted octanol–water partition coefficient (Wildman–Crippen LogP) is 3.79. The molecule has 13 heavy (non-hydrogen) atoms. The van der Waals surface area contributed by atoms with Gasteiger partial charge in [-0.15, -0.1) is 0 Å². The summed E-state index contributed by atoms with van der Waals surface area (Å²) < 4.78 is 0. The lowest BCUT2D eigenvalue weighted by molar-refractivity contribution is 0.153. The lowest BCUT2D eigenvalue weighted by atomic mass is 9.91. The first-order valence-electron chi connectivity index (χ1n) is 4.84. The minimum atomic E-state index is 0. The van der Waals surface area contributed by atoms with E-state index < -0.39 is 0 Å². The second kappa shape index (κ2) is 4.99. The van der Waals surface area contributed by atoms with E-state index in [1.165, 1.54) is 13.0 Å². The van der Waals surface area contributed by atoms with Crippen molar-refractivity contribution < 1.29 is 0 Å². The molecule has 0 radical (unpaired) electrons. The maximum Gasteiger partial charge on any atom is 0.0122 e. The molecule has 0 atom stereocenters. The van der Waals surface area contributed by atoms with Crippen molar-refractivity contribution in [2.75, 3.05) is 13.6 Å². The highest BCUT2D eigenvalue weighted by Gasteiger charge is 2.19. The van der Waals surface area contributed by atoms with Gasteiger partial charge in [-0.25, -0.2) is 0 Å². The standard InChI is InChI=1S/C11H25N.CH4/c1-10(2,3)8-9-12(7)11(4,5)6;/h8-9H2,1-7H3;1H4. The fraction of sp³-hybridized carbons (Fsp3) is 1.00. The number of hydrogen-bond donors (Lipinski definition) is 0. The van der Waals surface area contributed by atoms with E-state index in [0.29, 0.717) is 11.0 Å². The zero-order chi connectivity index (χ0) is 9.99. The Morgan fingerprint density at radius 2 is 1.31 bits per heavy atom. The Bertz CT molecular complexity index is 125. The van der Waals surface area contributed by atoms with E-state index in [1.54, 1.807) is 0 Å². The van der Waals surface area contributed by atoms with E-state index in [1.807, 2.05) is 0 Å². The average Bonchev–Trinajstić information content (AvgIpc) is 1.78. The first-order valence-corrected chi connectivity index (χ1v) is 4.84. The molecule has 0 aliphatic heterocycles. The monoisotopic (exact) mass is 187 g/mol. The summed E-state index contributed by atoms with van der Waals surface area (Å²) in [5.74, 6) is 0. The molecule has 0 saturated carbocycles. The third-order valence-corrected chi connectivity index (χ3v) is 2.34. The summed E-state index contributed by atoms with van der Waals surface area (Å²) in [6.07, 6.45) is 1.26. The predicted molar refractivity (Wildman–Crippen MR) is 63.2 cm³/mol. The highest BCUT2D eigenvalue weighted by molar-refractivity contribution is 4.74. The molecule has 0 aromatic rings. The Balaban J connectivity index is 0. The van der Waals surface area contributed by atoms with Gasteiger partial charge in [0, 0.05) is 5.54 Å². The molecule has 82 valence electrons. The third kappa shape index (κ3) is 8.29. The van der Waals surface area contributed by atoms with Gasteiger partial charge in [0.15, 0.2) is 0 Å². The molecule has 0 fully saturated rings. The summed E-state index contributed by atoms with van der Waals surface area (Å²) in [4.78, 5) is 2.41. The van der Waals surface area contributed by atoms with Gasteiger partial charge in [0.25, 0.3) is 0 Å². The van der Waals surface area contributed by atoms with Crippen LogP contribution in [0, 0.1) is 5.41 Å². The van der Waals surface area contributed by atoms with Crippen LogP contribution in [0.5, 0.6) is 0 Å². The Hall–Kier alpha value is -0.0400. The molecule has 1 heteroatoms. The SMILES string of the molecule is C.CN(CCC(C)(C)C)C(C)(C)C. The van der Waals surface area contributed by atoms with E-state index in [-0.39, 0.29) is 7.43 Å². The smallest absolute Gasteiger partial charge is 0.0122 e. The van der Waals surface area contributed by atoms with Crippen molar-refractivity contribution in [2.24, 2.45) is 5.41 Å². The summed E-state index contributed by atoms with van der Waals surface area (Å²) in [5, 5.41) is 0. The van der Waals surface area contributed by atoms with Gasteiger partial charge in [-0.1, -0.05) is 28.2 Å². The zero-order valence-corrected chi connectivity index (χ0v) is 9.86. The maximum absolute atomic E-state index is 2.41. The van der Waals surface area contributed by atoms with Crippen molar-refractivity contribution >= 4 is 0 Å². The molecule has 0 heterocycles. The van der Waals surface area contributed by atoms with Gasteiger partial charge in [-0.2, -0.15) is 0 Å². The maximum atomic E-state index is 2.41. The van der Waals surface area contributed by atoms with Crippen LogP contribution in [0.4, 0.5) is 0 Å². The molecular weight excluding hydrogens is 158 g/mol. The van der Waals surface area contributed by atoms with E-state index >= 15 is 0 Å². The molecule has 0 N–H and O–H groups in total. The first kappa shape index (κ1) is 15.4. The summed E-state index contributed by atoms with van der Waals surface area (Å²) in [6.45, 7) is 14.9. The number of rotatable bonds is 2. The van der Waals surface area contributed by atoms with Gasteiger partial charge in [-0.3, -0.25) is 0 Å². The fourth-order valence-corrected chi connectivity index (χ4v) is 0.839. The molecule has 0 amide bonds. The second-order valence-electron chi connectivity index (χ2n) is 5.90. The number of hydrogen-bond acceptors (Lipinski definition) is 1. The topological polar surface area (TPSA) is 3.24 Å². The van der Waals surface area contributed by atoms with Gasteiger partial charge < -0.3 is 4.90 Å². The van der Waals surface area contributed by atoms with Gasteiger partial charge >= 0.3 is 0 Å². The van der Waals surface area contributed by atoms with E-state index in [4.69, 9.17) is 0 Å². The van der Waals surface area contributed by atoms with Crippen LogP contribution in [0.3, 0.4) is 0 Å². The van der Waals surface area contributed by atoms with Crippen LogP contribution in [0.15, 0.2) is 0 Å². The zero-order valence-electron chi connectivity index (χ0n) is 9.86. The molecule has 0 unspecified atom stereocenters. The van der Waals surface area contributed by atoms with Crippen molar-refractivity contribution in [1.82, 2.24) is 4.90 Å². The van der Waals surface area contributed by atoms with Crippen LogP contribution < -0.4 is 0 Å². The second-order valence-corrected chi connectivity index (χ2v) is 5.90. The van der Waals surface area contributed by atoms with Gasteiger partial charge in [0.2, 0.25) is 0 Å². The minimum absolute atomic E-state index is 0. The Kier molecular flexibility index (Phi) is 5.93. The highest BCUT2D eigenvalue weighted by Crippen LogP contribution is 2.20. The minimum Gasteiger partial charge on any atom is -0.301 e.